The second-order valence-corrected chi connectivity index (χ2v) is 5.53. The number of amides is 1. The lowest BCUT2D eigenvalue weighted by molar-refractivity contribution is -0.121. The molecule has 2 N–H and O–H groups in total. The fourth-order valence-corrected chi connectivity index (χ4v) is 1.92. The molecule has 1 aromatic carbocycles. The second-order valence-electron chi connectivity index (χ2n) is 4.62. The van der Waals surface area contributed by atoms with Crippen LogP contribution in [-0.2, 0) is 4.79 Å². The summed E-state index contributed by atoms with van der Waals surface area (Å²) in [6.45, 7) is 6.49. The standard InChI is InChI=1S/C14H21BrN2O/c1-4-13(11-5-7-12(15)8-6-11)17-14(18)9-16-10(2)3/h5-8,10,13,16H,4,9H2,1-3H3,(H,17,18). The largest absolute Gasteiger partial charge is 0.348 e. The van der Waals surface area contributed by atoms with Gasteiger partial charge in [0.2, 0.25) is 5.91 Å². The monoisotopic (exact) mass is 312 g/mol. The Balaban J connectivity index is 2.56. The molecule has 100 valence electrons. The molecule has 0 spiro atoms. The molecule has 0 bridgehead atoms. The van der Waals surface area contributed by atoms with E-state index >= 15 is 0 Å². The summed E-state index contributed by atoms with van der Waals surface area (Å²) < 4.78 is 1.05. The Bertz CT molecular complexity index is 376. The van der Waals surface area contributed by atoms with Crippen molar-refractivity contribution in [2.24, 2.45) is 0 Å². The summed E-state index contributed by atoms with van der Waals surface area (Å²) in [5.41, 5.74) is 1.14. The minimum Gasteiger partial charge on any atom is -0.348 e. The highest BCUT2D eigenvalue weighted by atomic mass is 79.9. The van der Waals surface area contributed by atoms with Crippen LogP contribution in [0.3, 0.4) is 0 Å². The van der Waals surface area contributed by atoms with Crippen LogP contribution in [0.15, 0.2) is 28.7 Å². The van der Waals surface area contributed by atoms with Crippen LogP contribution in [0.25, 0.3) is 0 Å². The molecule has 0 saturated heterocycles. The number of nitrogens with one attached hydrogen (secondary N) is 2. The van der Waals surface area contributed by atoms with Crippen LogP contribution in [0.1, 0.15) is 38.8 Å². The third-order valence-electron chi connectivity index (χ3n) is 2.69. The van der Waals surface area contributed by atoms with Crippen molar-refractivity contribution in [3.05, 3.63) is 34.3 Å². The molecule has 0 fully saturated rings. The summed E-state index contributed by atoms with van der Waals surface area (Å²) in [7, 11) is 0. The Hall–Kier alpha value is -0.870. The lowest BCUT2D eigenvalue weighted by Crippen LogP contribution is -2.38. The summed E-state index contributed by atoms with van der Waals surface area (Å²) in [6.07, 6.45) is 0.884. The van der Waals surface area contributed by atoms with Gasteiger partial charge >= 0.3 is 0 Å². The van der Waals surface area contributed by atoms with E-state index < -0.39 is 0 Å². The highest BCUT2D eigenvalue weighted by Crippen LogP contribution is 2.19. The predicted octanol–water partition coefficient (Wildman–Crippen LogP) is 3.01. The lowest BCUT2D eigenvalue weighted by atomic mass is 10.0. The molecule has 0 radical (unpaired) electrons. The minimum atomic E-state index is 0.0402. The van der Waals surface area contributed by atoms with Gasteiger partial charge in [-0.15, -0.1) is 0 Å². The molecular formula is C14H21BrN2O. The van der Waals surface area contributed by atoms with Crippen LogP contribution in [0.5, 0.6) is 0 Å². The van der Waals surface area contributed by atoms with Gasteiger partial charge < -0.3 is 10.6 Å². The molecule has 0 aliphatic rings. The fourth-order valence-electron chi connectivity index (χ4n) is 1.66. The van der Waals surface area contributed by atoms with E-state index in [1.807, 2.05) is 38.1 Å². The Labute approximate surface area is 117 Å². The maximum atomic E-state index is 11.8. The van der Waals surface area contributed by atoms with E-state index in [1.165, 1.54) is 0 Å². The topological polar surface area (TPSA) is 41.1 Å². The maximum absolute atomic E-state index is 11.8. The zero-order chi connectivity index (χ0) is 13.5. The summed E-state index contributed by atoms with van der Waals surface area (Å²) in [6, 6.07) is 8.47. The summed E-state index contributed by atoms with van der Waals surface area (Å²) in [5, 5.41) is 6.16. The van der Waals surface area contributed by atoms with Gasteiger partial charge in [0.15, 0.2) is 0 Å². The molecule has 1 atom stereocenters. The number of carbonyl (C=O) groups excluding carboxylic acids is 1. The van der Waals surface area contributed by atoms with Crippen molar-refractivity contribution in [1.29, 1.82) is 0 Å². The van der Waals surface area contributed by atoms with Gasteiger partial charge in [-0.1, -0.05) is 48.8 Å². The van der Waals surface area contributed by atoms with E-state index in [0.29, 0.717) is 12.6 Å². The van der Waals surface area contributed by atoms with Gasteiger partial charge in [0, 0.05) is 10.5 Å². The Morgan fingerprint density at radius 1 is 1.28 bits per heavy atom. The fraction of sp³-hybridized carbons (Fsp3) is 0.500. The van der Waals surface area contributed by atoms with Crippen LogP contribution in [0.4, 0.5) is 0 Å². The quantitative estimate of drug-likeness (QED) is 0.847. The SMILES string of the molecule is CCC(NC(=O)CNC(C)C)c1ccc(Br)cc1. The number of hydrogen-bond acceptors (Lipinski definition) is 2. The predicted molar refractivity (Wildman–Crippen MR) is 78.5 cm³/mol. The van der Waals surface area contributed by atoms with Crippen LogP contribution < -0.4 is 10.6 Å². The van der Waals surface area contributed by atoms with Crippen molar-refractivity contribution in [2.75, 3.05) is 6.54 Å². The van der Waals surface area contributed by atoms with Crippen molar-refractivity contribution in [2.45, 2.75) is 39.3 Å². The molecule has 0 heterocycles. The van der Waals surface area contributed by atoms with Gasteiger partial charge in [0.1, 0.15) is 0 Å². The van der Waals surface area contributed by atoms with Crippen molar-refractivity contribution in [3.63, 3.8) is 0 Å². The molecule has 1 aromatic rings. The lowest BCUT2D eigenvalue weighted by Gasteiger charge is -2.18. The number of benzene rings is 1. The van der Waals surface area contributed by atoms with Crippen LogP contribution >= 0.6 is 15.9 Å². The number of hydrogen-bond donors (Lipinski definition) is 2. The molecule has 18 heavy (non-hydrogen) atoms. The second kappa shape index (κ2) is 7.54. The van der Waals surface area contributed by atoms with Gasteiger partial charge in [-0.05, 0) is 24.1 Å². The smallest absolute Gasteiger partial charge is 0.234 e. The van der Waals surface area contributed by atoms with Crippen molar-refractivity contribution < 1.29 is 4.79 Å². The molecule has 4 heteroatoms. The van der Waals surface area contributed by atoms with Crippen molar-refractivity contribution in [1.82, 2.24) is 10.6 Å². The molecule has 0 aliphatic heterocycles. The molecule has 0 aromatic heterocycles. The van der Waals surface area contributed by atoms with E-state index in [0.717, 1.165) is 16.5 Å². The zero-order valence-electron chi connectivity index (χ0n) is 11.2. The normalized spacial score (nSPS) is 12.5. The third kappa shape index (κ3) is 5.19. The average Bonchev–Trinajstić information content (AvgIpc) is 2.34. The third-order valence-corrected chi connectivity index (χ3v) is 3.22. The average molecular weight is 313 g/mol. The van der Waals surface area contributed by atoms with E-state index in [9.17, 15) is 4.79 Å². The number of halogens is 1. The van der Waals surface area contributed by atoms with Crippen LogP contribution in [0, 0.1) is 0 Å². The maximum Gasteiger partial charge on any atom is 0.234 e. The van der Waals surface area contributed by atoms with Crippen LogP contribution in [-0.4, -0.2) is 18.5 Å². The molecular weight excluding hydrogens is 292 g/mol. The first-order valence-corrected chi connectivity index (χ1v) is 7.10. The Morgan fingerprint density at radius 3 is 2.39 bits per heavy atom. The highest BCUT2D eigenvalue weighted by molar-refractivity contribution is 9.10. The van der Waals surface area contributed by atoms with Gasteiger partial charge in [-0.2, -0.15) is 0 Å². The summed E-state index contributed by atoms with van der Waals surface area (Å²) >= 11 is 3.41. The van der Waals surface area contributed by atoms with Crippen molar-refractivity contribution in [3.8, 4) is 0 Å². The number of rotatable bonds is 6. The Kier molecular flexibility index (Phi) is 6.36. The summed E-state index contributed by atoms with van der Waals surface area (Å²) in [4.78, 5) is 11.8. The first-order chi connectivity index (χ1) is 8.52. The minimum absolute atomic E-state index is 0.0402. The van der Waals surface area contributed by atoms with Gasteiger partial charge in [-0.25, -0.2) is 0 Å². The van der Waals surface area contributed by atoms with Gasteiger partial charge in [0.25, 0.3) is 0 Å². The highest BCUT2D eigenvalue weighted by Gasteiger charge is 2.12. The Morgan fingerprint density at radius 2 is 1.89 bits per heavy atom. The van der Waals surface area contributed by atoms with Gasteiger partial charge in [-0.3, -0.25) is 4.79 Å². The molecule has 3 nitrogen and oxygen atoms in total. The summed E-state index contributed by atoms with van der Waals surface area (Å²) in [5.74, 6) is 0.0402. The zero-order valence-corrected chi connectivity index (χ0v) is 12.8. The molecule has 1 unspecified atom stereocenters. The van der Waals surface area contributed by atoms with E-state index in [1.54, 1.807) is 0 Å². The molecule has 0 saturated carbocycles. The van der Waals surface area contributed by atoms with E-state index in [4.69, 9.17) is 0 Å². The molecule has 1 rings (SSSR count). The molecule has 0 aliphatic carbocycles. The van der Waals surface area contributed by atoms with Crippen LogP contribution in [0.2, 0.25) is 0 Å². The van der Waals surface area contributed by atoms with Gasteiger partial charge in [0.05, 0.1) is 12.6 Å². The first-order valence-electron chi connectivity index (χ1n) is 6.31. The first kappa shape index (κ1) is 15.2. The molecule has 1 amide bonds. The van der Waals surface area contributed by atoms with Crippen molar-refractivity contribution >= 4 is 21.8 Å². The van der Waals surface area contributed by atoms with E-state index in [-0.39, 0.29) is 11.9 Å². The number of carbonyl (C=O) groups is 1. The van der Waals surface area contributed by atoms with E-state index in [2.05, 4.69) is 33.5 Å².